The van der Waals surface area contributed by atoms with Crippen molar-refractivity contribution in [3.63, 3.8) is 0 Å². The number of H-pyrrole nitrogens is 1. The highest BCUT2D eigenvalue weighted by atomic mass is 16.1. The number of carbonyl (C=O) groups is 1. The fourth-order valence-corrected chi connectivity index (χ4v) is 2.24. The second kappa shape index (κ2) is 6.26. The molecule has 0 radical (unpaired) electrons. The van der Waals surface area contributed by atoms with Crippen LogP contribution in [0.3, 0.4) is 0 Å². The van der Waals surface area contributed by atoms with Gasteiger partial charge in [-0.05, 0) is 30.7 Å². The summed E-state index contributed by atoms with van der Waals surface area (Å²) in [5, 5.41) is 2.91. The number of hydrogen-bond acceptors (Lipinski definition) is 2. The zero-order valence-corrected chi connectivity index (χ0v) is 12.3. The quantitative estimate of drug-likeness (QED) is 0.723. The van der Waals surface area contributed by atoms with E-state index >= 15 is 0 Å². The van der Waals surface area contributed by atoms with Gasteiger partial charge in [-0.3, -0.25) is 4.79 Å². The first-order valence-corrected chi connectivity index (χ1v) is 7.20. The molecule has 0 aliphatic carbocycles. The SMILES string of the molecule is C[C@H](NC(=O)/C=C/c1ccccc1)c1nc2ccccc2[nH]1. The van der Waals surface area contributed by atoms with Crippen LogP contribution in [0.15, 0.2) is 60.7 Å². The Morgan fingerprint density at radius 3 is 2.64 bits per heavy atom. The zero-order valence-electron chi connectivity index (χ0n) is 12.3. The molecule has 0 spiro atoms. The van der Waals surface area contributed by atoms with Gasteiger partial charge in [0.05, 0.1) is 17.1 Å². The first kappa shape index (κ1) is 14.1. The lowest BCUT2D eigenvalue weighted by molar-refractivity contribution is -0.117. The minimum absolute atomic E-state index is 0.142. The van der Waals surface area contributed by atoms with E-state index in [-0.39, 0.29) is 11.9 Å². The number of rotatable bonds is 4. The molecule has 0 unspecified atom stereocenters. The van der Waals surface area contributed by atoms with Gasteiger partial charge in [0.1, 0.15) is 5.82 Å². The van der Waals surface area contributed by atoms with Crippen molar-refractivity contribution >= 4 is 23.0 Å². The van der Waals surface area contributed by atoms with E-state index in [2.05, 4.69) is 15.3 Å². The van der Waals surface area contributed by atoms with Gasteiger partial charge in [0.25, 0.3) is 0 Å². The Balaban J connectivity index is 1.67. The molecule has 0 saturated heterocycles. The van der Waals surface area contributed by atoms with Crippen LogP contribution in [0.1, 0.15) is 24.4 Å². The van der Waals surface area contributed by atoms with E-state index in [4.69, 9.17) is 0 Å². The van der Waals surface area contributed by atoms with Crippen LogP contribution in [-0.4, -0.2) is 15.9 Å². The summed E-state index contributed by atoms with van der Waals surface area (Å²) in [7, 11) is 0. The van der Waals surface area contributed by atoms with Gasteiger partial charge in [-0.15, -0.1) is 0 Å². The van der Waals surface area contributed by atoms with Crippen molar-refractivity contribution in [2.75, 3.05) is 0 Å². The lowest BCUT2D eigenvalue weighted by atomic mass is 10.2. The van der Waals surface area contributed by atoms with Crippen LogP contribution in [0.2, 0.25) is 0 Å². The van der Waals surface area contributed by atoms with Crippen molar-refractivity contribution in [1.82, 2.24) is 15.3 Å². The third-order valence-electron chi connectivity index (χ3n) is 3.40. The number of benzene rings is 2. The molecule has 0 bridgehead atoms. The molecule has 1 heterocycles. The average molecular weight is 291 g/mol. The Labute approximate surface area is 128 Å². The maximum absolute atomic E-state index is 12.0. The molecule has 0 aliphatic rings. The van der Waals surface area contributed by atoms with Gasteiger partial charge < -0.3 is 10.3 Å². The molecular weight excluding hydrogens is 274 g/mol. The molecule has 1 atom stereocenters. The molecule has 2 N–H and O–H groups in total. The number of aromatic amines is 1. The van der Waals surface area contributed by atoms with E-state index in [0.29, 0.717) is 0 Å². The van der Waals surface area contributed by atoms with Gasteiger partial charge in [0.15, 0.2) is 0 Å². The maximum Gasteiger partial charge on any atom is 0.244 e. The lowest BCUT2D eigenvalue weighted by Gasteiger charge is -2.09. The molecule has 2 aromatic carbocycles. The second-order valence-electron chi connectivity index (χ2n) is 5.11. The number of fused-ring (bicyclic) bond motifs is 1. The minimum Gasteiger partial charge on any atom is -0.343 e. The molecule has 3 rings (SSSR count). The van der Waals surface area contributed by atoms with Crippen LogP contribution in [0, 0.1) is 0 Å². The van der Waals surface area contributed by atoms with Crippen molar-refractivity contribution in [2.24, 2.45) is 0 Å². The third kappa shape index (κ3) is 3.23. The molecule has 0 fully saturated rings. The number of aromatic nitrogens is 2. The van der Waals surface area contributed by atoms with E-state index in [0.717, 1.165) is 22.4 Å². The predicted molar refractivity (Wildman–Crippen MR) is 88.1 cm³/mol. The summed E-state index contributed by atoms with van der Waals surface area (Å²) >= 11 is 0. The molecule has 3 aromatic rings. The maximum atomic E-state index is 12.0. The summed E-state index contributed by atoms with van der Waals surface area (Å²) in [4.78, 5) is 19.7. The van der Waals surface area contributed by atoms with Gasteiger partial charge in [-0.25, -0.2) is 4.98 Å². The molecule has 4 nitrogen and oxygen atoms in total. The lowest BCUT2D eigenvalue weighted by Crippen LogP contribution is -2.25. The summed E-state index contributed by atoms with van der Waals surface area (Å²) in [6, 6.07) is 17.4. The molecule has 0 aliphatic heterocycles. The van der Waals surface area contributed by atoms with Gasteiger partial charge in [0.2, 0.25) is 5.91 Å². The number of carbonyl (C=O) groups excluding carboxylic acids is 1. The van der Waals surface area contributed by atoms with Gasteiger partial charge in [-0.2, -0.15) is 0 Å². The highest BCUT2D eigenvalue weighted by molar-refractivity contribution is 5.92. The van der Waals surface area contributed by atoms with Crippen LogP contribution in [0.5, 0.6) is 0 Å². The predicted octanol–water partition coefficient (Wildman–Crippen LogP) is 3.45. The minimum atomic E-state index is -0.180. The number of hydrogen-bond donors (Lipinski definition) is 2. The number of imidazole rings is 1. The standard InChI is InChI=1S/C18H17N3O/c1-13(18-20-15-9-5-6-10-16(15)21-18)19-17(22)12-11-14-7-3-2-4-8-14/h2-13H,1H3,(H,19,22)(H,20,21)/b12-11+/t13-/m0/s1. The Kier molecular flexibility index (Phi) is 4.01. The van der Waals surface area contributed by atoms with E-state index in [9.17, 15) is 4.79 Å². The van der Waals surface area contributed by atoms with Crippen LogP contribution >= 0.6 is 0 Å². The van der Waals surface area contributed by atoms with E-state index in [1.54, 1.807) is 6.08 Å². The zero-order chi connectivity index (χ0) is 15.4. The largest absolute Gasteiger partial charge is 0.343 e. The Bertz CT molecular complexity index is 772. The van der Waals surface area contributed by atoms with Gasteiger partial charge in [-0.1, -0.05) is 42.5 Å². The van der Waals surface area contributed by atoms with Crippen molar-refractivity contribution < 1.29 is 4.79 Å². The Morgan fingerprint density at radius 1 is 1.14 bits per heavy atom. The number of para-hydroxylation sites is 2. The monoisotopic (exact) mass is 291 g/mol. The van der Waals surface area contributed by atoms with Crippen LogP contribution in [0.4, 0.5) is 0 Å². The number of nitrogens with one attached hydrogen (secondary N) is 2. The normalized spacial score (nSPS) is 12.6. The molecular formula is C18H17N3O. The van der Waals surface area contributed by atoms with Crippen LogP contribution in [-0.2, 0) is 4.79 Å². The van der Waals surface area contributed by atoms with Crippen molar-refractivity contribution in [2.45, 2.75) is 13.0 Å². The van der Waals surface area contributed by atoms with Crippen molar-refractivity contribution in [1.29, 1.82) is 0 Å². The van der Waals surface area contributed by atoms with Crippen LogP contribution in [0.25, 0.3) is 17.1 Å². The molecule has 1 aromatic heterocycles. The van der Waals surface area contributed by atoms with Crippen LogP contribution < -0.4 is 5.32 Å². The smallest absolute Gasteiger partial charge is 0.244 e. The van der Waals surface area contributed by atoms with E-state index in [1.165, 1.54) is 6.08 Å². The fraction of sp³-hybridized carbons (Fsp3) is 0.111. The Morgan fingerprint density at radius 2 is 1.86 bits per heavy atom. The Hall–Kier alpha value is -2.88. The second-order valence-corrected chi connectivity index (χ2v) is 5.11. The van der Waals surface area contributed by atoms with Gasteiger partial charge in [0, 0.05) is 6.08 Å². The van der Waals surface area contributed by atoms with E-state index in [1.807, 2.05) is 61.5 Å². The summed E-state index contributed by atoms with van der Waals surface area (Å²) in [6.45, 7) is 1.91. The number of amides is 1. The summed E-state index contributed by atoms with van der Waals surface area (Å²) in [5.74, 6) is 0.611. The molecule has 4 heteroatoms. The highest BCUT2D eigenvalue weighted by Crippen LogP contribution is 2.15. The first-order chi connectivity index (χ1) is 10.7. The molecule has 1 amide bonds. The highest BCUT2D eigenvalue weighted by Gasteiger charge is 2.11. The topological polar surface area (TPSA) is 57.8 Å². The van der Waals surface area contributed by atoms with E-state index < -0.39 is 0 Å². The molecule has 0 saturated carbocycles. The molecule has 22 heavy (non-hydrogen) atoms. The first-order valence-electron chi connectivity index (χ1n) is 7.20. The number of nitrogens with zero attached hydrogens (tertiary/aromatic N) is 1. The van der Waals surface area contributed by atoms with Gasteiger partial charge >= 0.3 is 0 Å². The average Bonchev–Trinajstić information content (AvgIpc) is 2.98. The molecule has 110 valence electrons. The third-order valence-corrected chi connectivity index (χ3v) is 3.40. The summed E-state index contributed by atoms with van der Waals surface area (Å²) < 4.78 is 0. The summed E-state index contributed by atoms with van der Waals surface area (Å²) in [6.07, 6.45) is 3.33. The van der Waals surface area contributed by atoms with Crippen molar-refractivity contribution in [3.8, 4) is 0 Å². The fourth-order valence-electron chi connectivity index (χ4n) is 2.24. The summed E-state index contributed by atoms with van der Waals surface area (Å²) in [5.41, 5.74) is 2.87. The van der Waals surface area contributed by atoms with Crippen molar-refractivity contribution in [3.05, 3.63) is 72.1 Å².